The van der Waals surface area contributed by atoms with Crippen molar-refractivity contribution in [3.63, 3.8) is 0 Å². The van der Waals surface area contributed by atoms with Crippen LogP contribution in [-0.2, 0) is 17.9 Å². The Labute approximate surface area is 171 Å². The van der Waals surface area contributed by atoms with Crippen molar-refractivity contribution in [2.75, 3.05) is 26.2 Å². The SMILES string of the molecule is Cc1cccc(CN2CCN(C(=O)Cn3nc(C)nc3-c3ccccc3)CC2)c1. The van der Waals surface area contributed by atoms with Gasteiger partial charge >= 0.3 is 0 Å². The largest absolute Gasteiger partial charge is 0.339 e. The summed E-state index contributed by atoms with van der Waals surface area (Å²) in [5.41, 5.74) is 3.59. The van der Waals surface area contributed by atoms with Crippen molar-refractivity contribution < 1.29 is 4.79 Å². The Balaban J connectivity index is 1.36. The molecule has 1 fully saturated rings. The van der Waals surface area contributed by atoms with E-state index in [1.807, 2.05) is 42.2 Å². The molecule has 6 nitrogen and oxygen atoms in total. The minimum Gasteiger partial charge on any atom is -0.339 e. The van der Waals surface area contributed by atoms with Crippen LogP contribution < -0.4 is 0 Å². The first-order chi connectivity index (χ1) is 14.1. The van der Waals surface area contributed by atoms with Crippen LogP contribution in [0.3, 0.4) is 0 Å². The Morgan fingerprint density at radius 1 is 0.966 bits per heavy atom. The second-order valence-electron chi connectivity index (χ2n) is 7.65. The van der Waals surface area contributed by atoms with Gasteiger partial charge in [0.1, 0.15) is 12.4 Å². The lowest BCUT2D eigenvalue weighted by molar-refractivity contribution is -0.133. The van der Waals surface area contributed by atoms with Crippen molar-refractivity contribution in [1.82, 2.24) is 24.6 Å². The highest BCUT2D eigenvalue weighted by atomic mass is 16.2. The summed E-state index contributed by atoms with van der Waals surface area (Å²) in [6.45, 7) is 8.42. The van der Waals surface area contributed by atoms with Gasteiger partial charge < -0.3 is 4.90 Å². The number of hydrogen-bond donors (Lipinski definition) is 0. The molecule has 1 saturated heterocycles. The van der Waals surface area contributed by atoms with E-state index in [4.69, 9.17) is 0 Å². The molecule has 0 bridgehead atoms. The first-order valence-electron chi connectivity index (χ1n) is 10.1. The van der Waals surface area contributed by atoms with Gasteiger partial charge in [-0.3, -0.25) is 9.69 Å². The van der Waals surface area contributed by atoms with E-state index >= 15 is 0 Å². The van der Waals surface area contributed by atoms with E-state index in [2.05, 4.69) is 46.2 Å². The summed E-state index contributed by atoms with van der Waals surface area (Å²) in [7, 11) is 0. The Kier molecular flexibility index (Phi) is 5.71. The molecular formula is C23H27N5O. The molecule has 1 aliphatic heterocycles. The monoisotopic (exact) mass is 389 g/mol. The van der Waals surface area contributed by atoms with E-state index in [0.29, 0.717) is 5.82 Å². The van der Waals surface area contributed by atoms with E-state index < -0.39 is 0 Å². The fourth-order valence-electron chi connectivity index (χ4n) is 3.82. The lowest BCUT2D eigenvalue weighted by Crippen LogP contribution is -2.49. The van der Waals surface area contributed by atoms with Crippen molar-refractivity contribution in [3.8, 4) is 11.4 Å². The number of aromatic nitrogens is 3. The van der Waals surface area contributed by atoms with Gasteiger partial charge in [0.2, 0.25) is 5.91 Å². The van der Waals surface area contributed by atoms with Crippen molar-refractivity contribution in [3.05, 3.63) is 71.5 Å². The molecule has 150 valence electrons. The summed E-state index contributed by atoms with van der Waals surface area (Å²) in [4.78, 5) is 21.8. The first kappa shape index (κ1) is 19.3. The maximum absolute atomic E-state index is 12.9. The van der Waals surface area contributed by atoms with Crippen LogP contribution in [0.4, 0.5) is 0 Å². The molecule has 2 heterocycles. The zero-order valence-electron chi connectivity index (χ0n) is 17.1. The minimum atomic E-state index is 0.0993. The second-order valence-corrected chi connectivity index (χ2v) is 7.65. The molecule has 0 radical (unpaired) electrons. The molecular weight excluding hydrogens is 362 g/mol. The van der Waals surface area contributed by atoms with Gasteiger partial charge in [0, 0.05) is 38.3 Å². The molecule has 1 aliphatic rings. The number of piperazine rings is 1. The van der Waals surface area contributed by atoms with Crippen molar-refractivity contribution in [2.24, 2.45) is 0 Å². The van der Waals surface area contributed by atoms with Crippen LogP contribution in [0.15, 0.2) is 54.6 Å². The summed E-state index contributed by atoms with van der Waals surface area (Å²) < 4.78 is 1.73. The molecule has 6 heteroatoms. The number of nitrogens with zero attached hydrogens (tertiary/aromatic N) is 5. The summed E-state index contributed by atoms with van der Waals surface area (Å²) in [5.74, 6) is 1.52. The molecule has 0 atom stereocenters. The van der Waals surface area contributed by atoms with Crippen LogP contribution in [0.5, 0.6) is 0 Å². The van der Waals surface area contributed by atoms with Crippen LogP contribution in [0.2, 0.25) is 0 Å². The highest BCUT2D eigenvalue weighted by Gasteiger charge is 2.23. The van der Waals surface area contributed by atoms with Crippen molar-refractivity contribution in [1.29, 1.82) is 0 Å². The van der Waals surface area contributed by atoms with Crippen molar-refractivity contribution in [2.45, 2.75) is 26.9 Å². The zero-order chi connectivity index (χ0) is 20.2. The van der Waals surface area contributed by atoms with Crippen LogP contribution in [0, 0.1) is 13.8 Å². The fourth-order valence-corrected chi connectivity index (χ4v) is 3.82. The average molecular weight is 390 g/mol. The molecule has 1 aromatic heterocycles. The summed E-state index contributed by atoms with van der Waals surface area (Å²) in [6.07, 6.45) is 0. The Morgan fingerprint density at radius 3 is 2.45 bits per heavy atom. The lowest BCUT2D eigenvalue weighted by atomic mass is 10.1. The predicted molar refractivity (Wildman–Crippen MR) is 113 cm³/mol. The summed E-state index contributed by atoms with van der Waals surface area (Å²) in [5, 5.41) is 4.45. The normalized spacial score (nSPS) is 14.9. The molecule has 0 unspecified atom stereocenters. The standard InChI is InChI=1S/C23H27N5O/c1-18-7-6-8-20(15-18)16-26-11-13-27(14-12-26)22(29)17-28-23(24-19(2)25-28)21-9-4-3-5-10-21/h3-10,15H,11-14,16-17H2,1-2H3. The average Bonchev–Trinajstić information content (AvgIpc) is 3.09. The molecule has 3 aromatic rings. The van der Waals surface area contributed by atoms with Crippen LogP contribution >= 0.6 is 0 Å². The van der Waals surface area contributed by atoms with Gasteiger partial charge in [0.05, 0.1) is 0 Å². The third kappa shape index (κ3) is 4.71. The van der Waals surface area contributed by atoms with E-state index in [1.165, 1.54) is 11.1 Å². The Bertz CT molecular complexity index is 974. The Morgan fingerprint density at radius 2 is 1.72 bits per heavy atom. The van der Waals surface area contributed by atoms with Gasteiger partial charge in [-0.25, -0.2) is 9.67 Å². The highest BCUT2D eigenvalue weighted by molar-refractivity contribution is 5.76. The van der Waals surface area contributed by atoms with Gasteiger partial charge in [-0.2, -0.15) is 5.10 Å². The van der Waals surface area contributed by atoms with Crippen molar-refractivity contribution >= 4 is 5.91 Å². The number of carbonyl (C=O) groups excluding carboxylic acids is 1. The third-order valence-corrected chi connectivity index (χ3v) is 5.31. The quantitative estimate of drug-likeness (QED) is 0.673. The molecule has 4 rings (SSSR count). The van der Waals surface area contributed by atoms with Gasteiger partial charge in [-0.15, -0.1) is 0 Å². The number of carbonyl (C=O) groups is 1. The van der Waals surface area contributed by atoms with E-state index in [0.717, 1.165) is 44.1 Å². The smallest absolute Gasteiger partial charge is 0.244 e. The molecule has 0 aliphatic carbocycles. The second kappa shape index (κ2) is 8.57. The topological polar surface area (TPSA) is 54.3 Å². The third-order valence-electron chi connectivity index (χ3n) is 5.31. The Hall–Kier alpha value is -2.99. The van der Waals surface area contributed by atoms with Crippen LogP contribution in [0.1, 0.15) is 17.0 Å². The highest BCUT2D eigenvalue weighted by Crippen LogP contribution is 2.17. The van der Waals surface area contributed by atoms with Gasteiger partial charge in [-0.05, 0) is 19.4 Å². The first-order valence-corrected chi connectivity index (χ1v) is 10.1. The van der Waals surface area contributed by atoms with Crippen LogP contribution in [-0.4, -0.2) is 56.7 Å². The molecule has 29 heavy (non-hydrogen) atoms. The minimum absolute atomic E-state index is 0.0993. The maximum atomic E-state index is 12.9. The summed E-state index contributed by atoms with van der Waals surface area (Å²) >= 11 is 0. The maximum Gasteiger partial charge on any atom is 0.244 e. The number of benzene rings is 2. The number of hydrogen-bond acceptors (Lipinski definition) is 4. The van der Waals surface area contributed by atoms with Crippen LogP contribution in [0.25, 0.3) is 11.4 Å². The molecule has 0 saturated carbocycles. The number of aryl methyl sites for hydroxylation is 2. The van der Waals surface area contributed by atoms with Gasteiger partial charge in [-0.1, -0.05) is 60.2 Å². The predicted octanol–water partition coefficient (Wildman–Crippen LogP) is 2.91. The van der Waals surface area contributed by atoms with E-state index in [9.17, 15) is 4.79 Å². The van der Waals surface area contributed by atoms with Gasteiger partial charge in [0.25, 0.3) is 0 Å². The lowest BCUT2D eigenvalue weighted by Gasteiger charge is -2.34. The zero-order valence-corrected chi connectivity index (χ0v) is 17.1. The summed E-state index contributed by atoms with van der Waals surface area (Å²) in [6, 6.07) is 18.5. The molecule has 2 aromatic carbocycles. The van der Waals surface area contributed by atoms with E-state index in [1.54, 1.807) is 4.68 Å². The fraction of sp³-hybridized carbons (Fsp3) is 0.348. The molecule has 0 spiro atoms. The number of rotatable bonds is 5. The molecule has 0 N–H and O–H groups in total. The number of amides is 1. The van der Waals surface area contributed by atoms with E-state index in [-0.39, 0.29) is 12.5 Å². The molecule has 1 amide bonds. The van der Waals surface area contributed by atoms with Gasteiger partial charge in [0.15, 0.2) is 5.82 Å².